The number of amides is 1. The number of rotatable bonds is 7. The van der Waals surface area contributed by atoms with Crippen LogP contribution in [0.25, 0.3) is 0 Å². The van der Waals surface area contributed by atoms with Crippen LogP contribution in [0.4, 0.5) is 0 Å². The maximum Gasteiger partial charge on any atom is 0.348 e. The molecular formula is C19H25NO11S2. The molecule has 2 saturated heterocycles. The Morgan fingerprint density at radius 1 is 1.12 bits per heavy atom. The fraction of sp³-hybridized carbons (Fsp3) is 0.684. The lowest BCUT2D eigenvalue weighted by Gasteiger charge is -2.45. The van der Waals surface area contributed by atoms with E-state index in [1.807, 2.05) is 0 Å². The van der Waals surface area contributed by atoms with Gasteiger partial charge in [0.1, 0.15) is 24.9 Å². The summed E-state index contributed by atoms with van der Waals surface area (Å²) in [6.07, 6.45) is -5.24. The van der Waals surface area contributed by atoms with Crippen LogP contribution in [0, 0.1) is 0 Å². The quantitative estimate of drug-likeness (QED) is 0.213. The second-order valence-corrected chi connectivity index (χ2v) is 8.46. The topological polar surface area (TPSA) is 144 Å². The number of thiocarbonyl (C=S) groups is 1. The van der Waals surface area contributed by atoms with Crippen molar-refractivity contribution >= 4 is 59.8 Å². The molecule has 6 atom stereocenters. The summed E-state index contributed by atoms with van der Waals surface area (Å²) in [5.74, 6) is -3.65. The fourth-order valence-electron chi connectivity index (χ4n) is 3.73. The summed E-state index contributed by atoms with van der Waals surface area (Å²) in [4.78, 5) is 59.2. The number of methoxy groups -OCH3 is 1. The number of ether oxygens (including phenoxy) is 6. The number of carbonyl (C=O) groups is 5. The molecule has 2 rings (SSSR count). The first-order valence-corrected chi connectivity index (χ1v) is 10.6. The Bertz CT molecular complexity index is 850. The van der Waals surface area contributed by atoms with Crippen molar-refractivity contribution in [3.8, 4) is 0 Å². The van der Waals surface area contributed by atoms with E-state index in [4.69, 9.17) is 40.6 Å². The van der Waals surface area contributed by atoms with Crippen LogP contribution in [0.2, 0.25) is 0 Å². The van der Waals surface area contributed by atoms with Gasteiger partial charge in [0.15, 0.2) is 12.2 Å². The number of thiol groups is 1. The predicted molar refractivity (Wildman–Crippen MR) is 115 cm³/mol. The van der Waals surface area contributed by atoms with Crippen molar-refractivity contribution in [3.05, 3.63) is 0 Å². The van der Waals surface area contributed by atoms with Crippen LogP contribution in [-0.4, -0.2) is 89.0 Å². The standard InChI is InChI=1S/C19H25NO11S2/c1-8(21)20-14-12(30-18(20)32)6-19(33,17(25)26-5)31-16(14)15(29-11(4)24)13(28-10(3)23)7-27-9(2)22/h12-16,33H,6-7H2,1-5H3/t12-,13+,14+,15+,16+,19?/m0/s1. The van der Waals surface area contributed by atoms with Crippen molar-refractivity contribution in [1.29, 1.82) is 0 Å². The van der Waals surface area contributed by atoms with Crippen molar-refractivity contribution in [2.45, 2.75) is 69.5 Å². The number of hydrogen-bond acceptors (Lipinski definition) is 13. The van der Waals surface area contributed by atoms with Crippen molar-refractivity contribution in [2.24, 2.45) is 0 Å². The molecule has 33 heavy (non-hydrogen) atoms. The lowest BCUT2D eigenvalue weighted by Crippen LogP contribution is -2.65. The summed E-state index contributed by atoms with van der Waals surface area (Å²) < 4.78 is 32.0. The van der Waals surface area contributed by atoms with Gasteiger partial charge < -0.3 is 28.4 Å². The molecule has 0 radical (unpaired) electrons. The van der Waals surface area contributed by atoms with Crippen LogP contribution < -0.4 is 0 Å². The summed E-state index contributed by atoms with van der Waals surface area (Å²) in [6.45, 7) is 4.06. The molecule has 0 saturated carbocycles. The molecule has 0 aromatic carbocycles. The maximum absolute atomic E-state index is 12.5. The fourth-order valence-corrected chi connectivity index (χ4v) is 4.49. The van der Waals surface area contributed by atoms with Crippen molar-refractivity contribution in [2.75, 3.05) is 13.7 Å². The zero-order valence-electron chi connectivity index (χ0n) is 18.6. The van der Waals surface area contributed by atoms with E-state index in [2.05, 4.69) is 12.6 Å². The highest BCUT2D eigenvalue weighted by Crippen LogP contribution is 2.42. The highest BCUT2D eigenvalue weighted by Gasteiger charge is 2.61. The number of hydrogen-bond donors (Lipinski definition) is 1. The second-order valence-electron chi connectivity index (χ2n) is 7.39. The summed E-state index contributed by atoms with van der Waals surface area (Å²) in [5.41, 5.74) is 0. The first-order valence-electron chi connectivity index (χ1n) is 9.77. The molecule has 0 N–H and O–H groups in total. The summed E-state index contributed by atoms with van der Waals surface area (Å²) in [5, 5.41) is -0.181. The van der Waals surface area contributed by atoms with Gasteiger partial charge in [0.05, 0.1) is 7.11 Å². The van der Waals surface area contributed by atoms with E-state index in [0.717, 1.165) is 32.8 Å². The van der Waals surface area contributed by atoms with Gasteiger partial charge in [-0.3, -0.25) is 24.1 Å². The monoisotopic (exact) mass is 507 g/mol. The molecular weight excluding hydrogens is 482 g/mol. The Morgan fingerprint density at radius 3 is 2.21 bits per heavy atom. The van der Waals surface area contributed by atoms with Gasteiger partial charge in [-0.1, -0.05) is 0 Å². The molecule has 2 heterocycles. The molecule has 0 aromatic rings. The van der Waals surface area contributed by atoms with Gasteiger partial charge in [0, 0.05) is 34.1 Å². The summed E-state index contributed by atoms with van der Waals surface area (Å²) >= 11 is 9.50. The molecule has 12 nitrogen and oxygen atoms in total. The van der Waals surface area contributed by atoms with Crippen LogP contribution in [0.5, 0.6) is 0 Å². The van der Waals surface area contributed by atoms with Crippen molar-refractivity contribution in [1.82, 2.24) is 4.90 Å². The third-order valence-electron chi connectivity index (χ3n) is 4.88. The van der Waals surface area contributed by atoms with Gasteiger partial charge >= 0.3 is 23.9 Å². The molecule has 0 aromatic heterocycles. The minimum absolute atomic E-state index is 0.164. The van der Waals surface area contributed by atoms with Gasteiger partial charge in [-0.05, 0) is 12.2 Å². The van der Waals surface area contributed by atoms with Gasteiger partial charge in [-0.15, -0.1) is 12.6 Å². The molecule has 184 valence electrons. The minimum atomic E-state index is -1.89. The van der Waals surface area contributed by atoms with E-state index < -0.39 is 71.8 Å². The van der Waals surface area contributed by atoms with E-state index in [1.54, 1.807) is 0 Å². The number of esters is 4. The molecule has 0 bridgehead atoms. The van der Waals surface area contributed by atoms with Crippen molar-refractivity contribution < 1.29 is 52.4 Å². The lowest BCUT2D eigenvalue weighted by molar-refractivity contribution is -0.218. The third-order valence-corrected chi connectivity index (χ3v) is 5.64. The van der Waals surface area contributed by atoms with Gasteiger partial charge in [0.2, 0.25) is 10.8 Å². The largest absolute Gasteiger partial charge is 0.466 e. The third kappa shape index (κ3) is 6.12. The molecule has 0 aliphatic carbocycles. The van der Waals surface area contributed by atoms with Crippen LogP contribution in [0.1, 0.15) is 34.1 Å². The highest BCUT2D eigenvalue weighted by molar-refractivity contribution is 7.82. The maximum atomic E-state index is 12.5. The van der Waals surface area contributed by atoms with E-state index in [1.165, 1.54) is 6.92 Å². The SMILES string of the molecule is COC(=O)C1(S)C[C@@H]2OC(=S)N(C(C)=O)[C@H]2[C@H]([C@H](OC(C)=O)[C@@H](COC(C)=O)OC(C)=O)O1. The smallest absolute Gasteiger partial charge is 0.348 e. The van der Waals surface area contributed by atoms with Crippen LogP contribution >= 0.6 is 24.8 Å². The molecule has 2 fully saturated rings. The Kier molecular flexibility index (Phi) is 8.65. The minimum Gasteiger partial charge on any atom is -0.466 e. The van der Waals surface area contributed by atoms with E-state index in [9.17, 15) is 24.0 Å². The zero-order valence-corrected chi connectivity index (χ0v) is 20.3. The average molecular weight is 508 g/mol. The first-order chi connectivity index (χ1) is 15.3. The molecule has 2 aliphatic heterocycles. The van der Waals surface area contributed by atoms with Crippen LogP contribution in [0.15, 0.2) is 0 Å². The highest BCUT2D eigenvalue weighted by atomic mass is 32.1. The van der Waals surface area contributed by atoms with Gasteiger partial charge in [-0.25, -0.2) is 4.79 Å². The Balaban J connectivity index is 2.60. The van der Waals surface area contributed by atoms with Gasteiger partial charge in [-0.2, -0.15) is 0 Å². The molecule has 0 spiro atoms. The lowest BCUT2D eigenvalue weighted by atomic mass is 9.89. The zero-order chi connectivity index (χ0) is 25.1. The number of carbonyl (C=O) groups excluding carboxylic acids is 5. The van der Waals surface area contributed by atoms with Gasteiger partial charge in [0.25, 0.3) is 5.17 Å². The molecule has 2 aliphatic rings. The first kappa shape index (κ1) is 26.8. The Hall–Kier alpha value is -2.45. The number of nitrogens with zero attached hydrogens (tertiary/aromatic N) is 1. The van der Waals surface area contributed by atoms with Crippen LogP contribution in [-0.2, 0) is 52.4 Å². The van der Waals surface area contributed by atoms with E-state index in [-0.39, 0.29) is 11.6 Å². The average Bonchev–Trinajstić information content (AvgIpc) is 3.03. The normalized spacial score (nSPS) is 28.0. The number of fused-ring (bicyclic) bond motifs is 1. The Morgan fingerprint density at radius 2 is 1.73 bits per heavy atom. The molecule has 1 unspecified atom stereocenters. The van der Waals surface area contributed by atoms with E-state index >= 15 is 0 Å². The molecule has 1 amide bonds. The van der Waals surface area contributed by atoms with Crippen molar-refractivity contribution in [3.63, 3.8) is 0 Å². The summed E-state index contributed by atoms with van der Waals surface area (Å²) in [7, 11) is 1.12. The summed E-state index contributed by atoms with van der Waals surface area (Å²) in [6, 6.07) is -0.986. The van der Waals surface area contributed by atoms with Crippen LogP contribution in [0.3, 0.4) is 0 Å². The Labute approximate surface area is 200 Å². The molecule has 14 heteroatoms. The predicted octanol–water partition coefficient (Wildman–Crippen LogP) is -0.0983. The van der Waals surface area contributed by atoms with E-state index in [0.29, 0.717) is 0 Å². The second kappa shape index (κ2) is 10.7.